The molecule has 1 aliphatic rings. The zero-order valence-electron chi connectivity index (χ0n) is 9.16. The van der Waals surface area contributed by atoms with E-state index in [1.807, 2.05) is 13.4 Å². The van der Waals surface area contributed by atoms with Gasteiger partial charge in [0.2, 0.25) is 0 Å². The molecule has 0 fully saturated rings. The molecule has 2 heterocycles. The average molecular weight is 224 g/mol. The SMILES string of the molecule is CCNC(=S)N1CCc2ncn(C)c2C1. The van der Waals surface area contributed by atoms with Gasteiger partial charge in [0.15, 0.2) is 5.11 Å². The topological polar surface area (TPSA) is 33.1 Å². The fourth-order valence-corrected chi connectivity index (χ4v) is 2.15. The summed E-state index contributed by atoms with van der Waals surface area (Å²) in [5.41, 5.74) is 2.49. The molecule has 15 heavy (non-hydrogen) atoms. The third-order valence-corrected chi connectivity index (χ3v) is 3.12. The van der Waals surface area contributed by atoms with Gasteiger partial charge in [-0.05, 0) is 19.1 Å². The molecule has 82 valence electrons. The molecule has 2 rings (SSSR count). The molecule has 0 aromatic carbocycles. The monoisotopic (exact) mass is 224 g/mol. The molecule has 1 aromatic heterocycles. The lowest BCUT2D eigenvalue weighted by Gasteiger charge is -2.29. The number of aromatic nitrogens is 2. The van der Waals surface area contributed by atoms with Gasteiger partial charge in [0, 0.05) is 26.6 Å². The summed E-state index contributed by atoms with van der Waals surface area (Å²) in [4.78, 5) is 6.57. The van der Waals surface area contributed by atoms with Crippen LogP contribution in [0.1, 0.15) is 18.3 Å². The Morgan fingerprint density at radius 1 is 1.67 bits per heavy atom. The molecular weight excluding hydrogens is 208 g/mol. The van der Waals surface area contributed by atoms with Crippen molar-refractivity contribution in [2.75, 3.05) is 13.1 Å². The summed E-state index contributed by atoms with van der Waals surface area (Å²) < 4.78 is 2.08. The number of hydrogen-bond acceptors (Lipinski definition) is 2. The van der Waals surface area contributed by atoms with Gasteiger partial charge in [-0.3, -0.25) is 0 Å². The quantitative estimate of drug-likeness (QED) is 0.711. The summed E-state index contributed by atoms with van der Waals surface area (Å²) in [6.07, 6.45) is 2.87. The molecule has 5 heteroatoms. The highest BCUT2D eigenvalue weighted by Crippen LogP contribution is 2.16. The van der Waals surface area contributed by atoms with Gasteiger partial charge in [0.05, 0.1) is 24.3 Å². The Hall–Kier alpha value is -1.10. The molecule has 4 nitrogen and oxygen atoms in total. The standard InChI is InChI=1S/C10H16N4S/c1-3-11-10(15)14-5-4-8-9(6-14)13(2)7-12-8/h7H,3-6H2,1-2H3,(H,11,15). The smallest absolute Gasteiger partial charge is 0.169 e. The van der Waals surface area contributed by atoms with Gasteiger partial charge in [-0.1, -0.05) is 0 Å². The maximum atomic E-state index is 5.30. The van der Waals surface area contributed by atoms with E-state index in [0.29, 0.717) is 0 Å². The van der Waals surface area contributed by atoms with E-state index in [9.17, 15) is 0 Å². The zero-order valence-corrected chi connectivity index (χ0v) is 9.97. The van der Waals surface area contributed by atoms with Crippen molar-refractivity contribution in [3.05, 3.63) is 17.7 Å². The summed E-state index contributed by atoms with van der Waals surface area (Å²) >= 11 is 5.30. The zero-order chi connectivity index (χ0) is 10.8. The van der Waals surface area contributed by atoms with Crippen LogP contribution >= 0.6 is 12.2 Å². The fourth-order valence-electron chi connectivity index (χ4n) is 1.85. The highest BCUT2D eigenvalue weighted by atomic mass is 32.1. The Morgan fingerprint density at radius 3 is 3.20 bits per heavy atom. The van der Waals surface area contributed by atoms with Crippen molar-refractivity contribution in [1.82, 2.24) is 19.8 Å². The lowest BCUT2D eigenvalue weighted by atomic mass is 10.1. The van der Waals surface area contributed by atoms with Crippen LogP contribution in [0.5, 0.6) is 0 Å². The lowest BCUT2D eigenvalue weighted by Crippen LogP contribution is -2.42. The van der Waals surface area contributed by atoms with E-state index >= 15 is 0 Å². The van der Waals surface area contributed by atoms with Crippen molar-refractivity contribution in [1.29, 1.82) is 0 Å². The van der Waals surface area contributed by atoms with Crippen LogP contribution in [0, 0.1) is 0 Å². The van der Waals surface area contributed by atoms with E-state index in [1.54, 1.807) is 0 Å². The number of rotatable bonds is 1. The first-order chi connectivity index (χ1) is 7.22. The number of nitrogens with one attached hydrogen (secondary N) is 1. The van der Waals surface area contributed by atoms with Gasteiger partial charge in [-0.15, -0.1) is 0 Å². The van der Waals surface area contributed by atoms with Crippen LogP contribution in [0.3, 0.4) is 0 Å². The predicted octanol–water partition coefficient (Wildman–Crippen LogP) is 0.673. The van der Waals surface area contributed by atoms with Gasteiger partial charge >= 0.3 is 0 Å². The first-order valence-electron chi connectivity index (χ1n) is 5.24. The number of thiocarbonyl (C=S) groups is 1. The fraction of sp³-hybridized carbons (Fsp3) is 0.600. The van der Waals surface area contributed by atoms with Crippen LogP contribution in [0.25, 0.3) is 0 Å². The van der Waals surface area contributed by atoms with Crippen LogP contribution in [0.15, 0.2) is 6.33 Å². The molecule has 0 spiro atoms. The molecule has 0 amide bonds. The first-order valence-corrected chi connectivity index (χ1v) is 5.65. The summed E-state index contributed by atoms with van der Waals surface area (Å²) in [6.45, 7) is 4.78. The minimum atomic E-state index is 0.851. The van der Waals surface area contributed by atoms with Crippen LogP contribution in [-0.4, -0.2) is 32.7 Å². The molecule has 0 bridgehead atoms. The van der Waals surface area contributed by atoms with Gasteiger partial charge in [-0.2, -0.15) is 0 Å². The van der Waals surface area contributed by atoms with Crippen molar-refractivity contribution >= 4 is 17.3 Å². The second kappa shape index (κ2) is 4.18. The summed E-state index contributed by atoms with van der Waals surface area (Å²) in [7, 11) is 2.03. The largest absolute Gasteiger partial charge is 0.363 e. The summed E-state index contributed by atoms with van der Waals surface area (Å²) in [5.74, 6) is 0. The third kappa shape index (κ3) is 1.97. The average Bonchev–Trinajstić information content (AvgIpc) is 2.60. The third-order valence-electron chi connectivity index (χ3n) is 2.72. The molecule has 0 saturated carbocycles. The van der Waals surface area contributed by atoms with Crippen LogP contribution in [0.4, 0.5) is 0 Å². The second-order valence-electron chi connectivity index (χ2n) is 3.76. The van der Waals surface area contributed by atoms with Crippen molar-refractivity contribution in [3.8, 4) is 0 Å². The molecule has 0 unspecified atom stereocenters. The first kappa shape index (κ1) is 10.4. The number of nitrogens with zero attached hydrogens (tertiary/aromatic N) is 3. The Labute approximate surface area is 95.3 Å². The van der Waals surface area contributed by atoms with Gasteiger partial charge in [-0.25, -0.2) is 4.98 Å². The van der Waals surface area contributed by atoms with Crippen molar-refractivity contribution in [3.63, 3.8) is 0 Å². The molecule has 1 aromatic rings. The highest BCUT2D eigenvalue weighted by Gasteiger charge is 2.21. The molecule has 0 saturated heterocycles. The molecule has 1 N–H and O–H groups in total. The molecule has 0 radical (unpaired) electrons. The molecule has 0 atom stereocenters. The summed E-state index contributed by atoms with van der Waals surface area (Å²) in [5, 5.41) is 4.04. The van der Waals surface area contributed by atoms with Crippen LogP contribution < -0.4 is 5.32 Å². The van der Waals surface area contributed by atoms with E-state index in [1.165, 1.54) is 11.4 Å². The lowest BCUT2D eigenvalue weighted by molar-refractivity contribution is 0.375. The van der Waals surface area contributed by atoms with E-state index in [-0.39, 0.29) is 0 Å². The Balaban J connectivity index is 2.11. The van der Waals surface area contributed by atoms with E-state index in [0.717, 1.165) is 31.2 Å². The van der Waals surface area contributed by atoms with Crippen LogP contribution in [-0.2, 0) is 20.0 Å². The van der Waals surface area contributed by atoms with Gasteiger partial charge < -0.3 is 14.8 Å². The minimum Gasteiger partial charge on any atom is -0.363 e. The highest BCUT2D eigenvalue weighted by molar-refractivity contribution is 7.80. The van der Waals surface area contributed by atoms with E-state index in [4.69, 9.17) is 12.2 Å². The maximum absolute atomic E-state index is 5.30. The number of fused-ring (bicyclic) bond motifs is 1. The molecular formula is C10H16N4S. The number of hydrogen-bond donors (Lipinski definition) is 1. The Morgan fingerprint density at radius 2 is 2.47 bits per heavy atom. The Kier molecular flexibility index (Phi) is 2.90. The molecule has 0 aliphatic carbocycles. The molecule has 1 aliphatic heterocycles. The number of imidazole rings is 1. The summed E-state index contributed by atoms with van der Waals surface area (Å²) in [6, 6.07) is 0. The van der Waals surface area contributed by atoms with E-state index in [2.05, 4.69) is 26.7 Å². The van der Waals surface area contributed by atoms with Crippen LogP contribution in [0.2, 0.25) is 0 Å². The maximum Gasteiger partial charge on any atom is 0.169 e. The van der Waals surface area contributed by atoms with Crippen molar-refractivity contribution in [2.24, 2.45) is 7.05 Å². The van der Waals surface area contributed by atoms with Gasteiger partial charge in [0.25, 0.3) is 0 Å². The van der Waals surface area contributed by atoms with E-state index < -0.39 is 0 Å². The number of aryl methyl sites for hydroxylation is 1. The Bertz CT molecular complexity index is 371. The normalized spacial score (nSPS) is 14.9. The minimum absolute atomic E-state index is 0.851. The van der Waals surface area contributed by atoms with Gasteiger partial charge in [0.1, 0.15) is 0 Å². The van der Waals surface area contributed by atoms with Crippen molar-refractivity contribution < 1.29 is 0 Å². The van der Waals surface area contributed by atoms with Crippen molar-refractivity contribution in [2.45, 2.75) is 19.9 Å². The predicted molar refractivity (Wildman–Crippen MR) is 63.6 cm³/mol. The second-order valence-corrected chi connectivity index (χ2v) is 4.14.